The summed E-state index contributed by atoms with van der Waals surface area (Å²) in [4.78, 5) is 12.6. The molecular weight excluding hydrogens is 312 g/mol. The van der Waals surface area contributed by atoms with Gasteiger partial charge in [-0.3, -0.25) is 4.79 Å². The van der Waals surface area contributed by atoms with Gasteiger partial charge >= 0.3 is 0 Å². The summed E-state index contributed by atoms with van der Waals surface area (Å²) < 4.78 is 7.51. The van der Waals surface area contributed by atoms with E-state index in [1.54, 1.807) is 0 Å². The summed E-state index contributed by atoms with van der Waals surface area (Å²) in [7, 11) is 1.87. The van der Waals surface area contributed by atoms with Gasteiger partial charge in [-0.2, -0.15) is 5.26 Å². The van der Waals surface area contributed by atoms with E-state index in [0.717, 1.165) is 16.5 Å². The van der Waals surface area contributed by atoms with E-state index < -0.39 is 5.92 Å². The Morgan fingerprint density at radius 3 is 2.60 bits per heavy atom. The second kappa shape index (κ2) is 6.82. The van der Waals surface area contributed by atoms with Gasteiger partial charge < -0.3 is 9.30 Å². The van der Waals surface area contributed by atoms with Crippen LogP contribution in [0.15, 0.2) is 48.5 Å². The van der Waals surface area contributed by atoms with Gasteiger partial charge in [0.15, 0.2) is 5.78 Å². The average Bonchev–Trinajstić information content (AvgIpc) is 2.94. The molecule has 0 aliphatic carbocycles. The number of carbonyl (C=O) groups excluding carboxylic acids is 1. The van der Waals surface area contributed by atoms with Crippen molar-refractivity contribution in [3.63, 3.8) is 0 Å². The minimum absolute atomic E-state index is 0.123. The molecule has 0 fully saturated rings. The van der Waals surface area contributed by atoms with Crippen molar-refractivity contribution in [2.24, 2.45) is 7.05 Å². The SMILES string of the molecule is Cc1ccc(OCC(=O)C(C#N)c2cc3ccccc3n2C)cc1C. The van der Waals surface area contributed by atoms with Crippen LogP contribution in [0.25, 0.3) is 10.9 Å². The zero-order valence-corrected chi connectivity index (χ0v) is 14.6. The molecule has 0 aliphatic rings. The van der Waals surface area contributed by atoms with Crippen molar-refractivity contribution in [3.05, 3.63) is 65.4 Å². The summed E-state index contributed by atoms with van der Waals surface area (Å²) in [5, 5.41) is 10.6. The topological polar surface area (TPSA) is 55.0 Å². The molecule has 0 amide bonds. The monoisotopic (exact) mass is 332 g/mol. The number of aryl methyl sites for hydroxylation is 3. The Balaban J connectivity index is 1.80. The maximum Gasteiger partial charge on any atom is 0.193 e. The first kappa shape index (κ1) is 16.8. The van der Waals surface area contributed by atoms with E-state index in [1.807, 2.05) is 74.0 Å². The number of para-hydroxylation sites is 1. The van der Waals surface area contributed by atoms with Gasteiger partial charge in [-0.15, -0.1) is 0 Å². The average molecular weight is 332 g/mol. The Bertz CT molecular complexity index is 979. The van der Waals surface area contributed by atoms with E-state index in [4.69, 9.17) is 4.74 Å². The van der Waals surface area contributed by atoms with E-state index in [-0.39, 0.29) is 12.4 Å². The number of ether oxygens (including phenoxy) is 1. The maximum absolute atomic E-state index is 12.6. The molecule has 0 N–H and O–H groups in total. The van der Waals surface area contributed by atoms with Crippen LogP contribution in [-0.2, 0) is 11.8 Å². The highest BCUT2D eigenvalue weighted by molar-refractivity contribution is 5.91. The summed E-state index contributed by atoms with van der Waals surface area (Å²) >= 11 is 0. The van der Waals surface area contributed by atoms with Crippen molar-refractivity contribution < 1.29 is 9.53 Å². The summed E-state index contributed by atoms with van der Waals surface area (Å²) in [5.41, 5.74) is 3.97. The number of fused-ring (bicyclic) bond motifs is 1. The Morgan fingerprint density at radius 2 is 1.92 bits per heavy atom. The lowest BCUT2D eigenvalue weighted by Gasteiger charge is -2.12. The molecule has 25 heavy (non-hydrogen) atoms. The molecule has 0 aliphatic heterocycles. The molecule has 3 aromatic rings. The highest BCUT2D eigenvalue weighted by Crippen LogP contribution is 2.25. The Morgan fingerprint density at radius 1 is 1.16 bits per heavy atom. The van der Waals surface area contributed by atoms with Gasteiger partial charge in [0, 0.05) is 18.3 Å². The largest absolute Gasteiger partial charge is 0.486 e. The van der Waals surface area contributed by atoms with Crippen molar-refractivity contribution in [2.75, 3.05) is 6.61 Å². The molecule has 1 atom stereocenters. The lowest BCUT2D eigenvalue weighted by atomic mass is 10.0. The first-order valence-electron chi connectivity index (χ1n) is 8.18. The minimum Gasteiger partial charge on any atom is -0.486 e. The number of aromatic nitrogens is 1. The van der Waals surface area contributed by atoms with E-state index in [0.29, 0.717) is 11.4 Å². The third-order valence-electron chi connectivity index (χ3n) is 4.60. The highest BCUT2D eigenvalue weighted by Gasteiger charge is 2.24. The number of benzene rings is 2. The van der Waals surface area contributed by atoms with Crippen molar-refractivity contribution in [2.45, 2.75) is 19.8 Å². The van der Waals surface area contributed by atoms with Gasteiger partial charge in [0.2, 0.25) is 0 Å². The molecule has 1 unspecified atom stereocenters. The van der Waals surface area contributed by atoms with Crippen LogP contribution in [0.5, 0.6) is 5.75 Å². The van der Waals surface area contributed by atoms with Crippen LogP contribution in [0.4, 0.5) is 0 Å². The Hall–Kier alpha value is -3.06. The van der Waals surface area contributed by atoms with Crippen molar-refractivity contribution in [1.82, 2.24) is 4.57 Å². The molecule has 2 aromatic carbocycles. The second-order valence-electron chi connectivity index (χ2n) is 6.25. The fraction of sp³-hybridized carbons (Fsp3) is 0.238. The summed E-state index contributed by atoms with van der Waals surface area (Å²) in [6.45, 7) is 3.90. The van der Waals surface area contributed by atoms with Crippen molar-refractivity contribution >= 4 is 16.7 Å². The molecule has 3 rings (SSSR count). The van der Waals surface area contributed by atoms with Crippen LogP contribution >= 0.6 is 0 Å². The standard InChI is InChI=1S/C21H20N2O2/c1-14-8-9-17(10-15(14)2)25-13-21(24)18(12-22)20-11-16-6-4-5-7-19(16)23(20)3/h4-11,18H,13H2,1-3H3. The molecule has 126 valence electrons. The van der Waals surface area contributed by atoms with Crippen LogP contribution in [-0.4, -0.2) is 17.0 Å². The zero-order chi connectivity index (χ0) is 18.0. The van der Waals surface area contributed by atoms with Crippen molar-refractivity contribution in [1.29, 1.82) is 5.26 Å². The molecule has 1 heterocycles. The van der Waals surface area contributed by atoms with Gasteiger partial charge in [-0.25, -0.2) is 0 Å². The molecule has 0 saturated heterocycles. The normalized spacial score (nSPS) is 11.9. The molecule has 0 radical (unpaired) electrons. The molecule has 0 saturated carbocycles. The molecule has 0 spiro atoms. The number of nitrogens with zero attached hydrogens (tertiary/aromatic N) is 2. The summed E-state index contributed by atoms with van der Waals surface area (Å²) in [6.07, 6.45) is 0. The number of carbonyl (C=O) groups is 1. The van der Waals surface area contributed by atoms with Crippen LogP contribution in [0, 0.1) is 25.2 Å². The van der Waals surface area contributed by atoms with E-state index in [9.17, 15) is 10.1 Å². The van der Waals surface area contributed by atoms with Gasteiger partial charge in [-0.05, 0) is 54.6 Å². The predicted molar refractivity (Wildman–Crippen MR) is 97.7 cm³/mol. The number of rotatable bonds is 5. The van der Waals surface area contributed by atoms with Crippen LogP contribution in [0.2, 0.25) is 0 Å². The molecule has 0 bridgehead atoms. The van der Waals surface area contributed by atoms with Crippen LogP contribution < -0.4 is 4.74 Å². The van der Waals surface area contributed by atoms with E-state index in [1.165, 1.54) is 5.56 Å². The summed E-state index contributed by atoms with van der Waals surface area (Å²) in [6, 6.07) is 17.6. The smallest absolute Gasteiger partial charge is 0.193 e. The molecule has 4 heteroatoms. The second-order valence-corrected chi connectivity index (χ2v) is 6.25. The number of hydrogen-bond acceptors (Lipinski definition) is 3. The van der Waals surface area contributed by atoms with E-state index >= 15 is 0 Å². The molecule has 1 aromatic heterocycles. The maximum atomic E-state index is 12.6. The van der Waals surface area contributed by atoms with Crippen LogP contribution in [0.1, 0.15) is 22.7 Å². The fourth-order valence-electron chi connectivity index (χ4n) is 2.93. The quantitative estimate of drug-likeness (QED) is 0.708. The minimum atomic E-state index is -0.844. The van der Waals surface area contributed by atoms with Crippen LogP contribution in [0.3, 0.4) is 0 Å². The first-order chi connectivity index (χ1) is 12.0. The number of ketones is 1. The third-order valence-corrected chi connectivity index (χ3v) is 4.60. The Labute approximate surface area is 147 Å². The first-order valence-corrected chi connectivity index (χ1v) is 8.18. The summed E-state index contributed by atoms with van der Waals surface area (Å²) in [5.74, 6) is -0.444. The highest BCUT2D eigenvalue weighted by atomic mass is 16.5. The Kier molecular flexibility index (Phi) is 4.58. The van der Waals surface area contributed by atoms with Gasteiger partial charge in [0.25, 0.3) is 0 Å². The fourth-order valence-corrected chi connectivity index (χ4v) is 2.93. The number of hydrogen-bond donors (Lipinski definition) is 0. The zero-order valence-electron chi connectivity index (χ0n) is 14.6. The predicted octanol–water partition coefficient (Wildman–Crippen LogP) is 4.05. The van der Waals surface area contributed by atoms with Gasteiger partial charge in [-0.1, -0.05) is 24.3 Å². The number of Topliss-reactive ketones (excluding diaryl/α,β-unsaturated/α-hetero) is 1. The lowest BCUT2D eigenvalue weighted by Crippen LogP contribution is -2.20. The lowest BCUT2D eigenvalue weighted by molar-refractivity contribution is -0.121. The van der Waals surface area contributed by atoms with Gasteiger partial charge in [0.1, 0.15) is 18.3 Å². The number of nitriles is 1. The molecule has 4 nitrogen and oxygen atoms in total. The van der Waals surface area contributed by atoms with E-state index in [2.05, 4.69) is 6.07 Å². The van der Waals surface area contributed by atoms with Crippen molar-refractivity contribution in [3.8, 4) is 11.8 Å². The third kappa shape index (κ3) is 3.27. The molecular formula is C21H20N2O2. The van der Waals surface area contributed by atoms with Gasteiger partial charge in [0.05, 0.1) is 6.07 Å².